The molecule has 0 aliphatic carbocycles. The van der Waals surface area contributed by atoms with Crippen molar-refractivity contribution in [2.45, 2.75) is 116 Å². The molecule has 0 amide bonds. The summed E-state index contributed by atoms with van der Waals surface area (Å²) in [6, 6.07) is 0. The number of hydrogen-bond acceptors (Lipinski definition) is 3. The lowest BCUT2D eigenvalue weighted by Gasteiger charge is -2.15. The minimum Gasteiger partial charge on any atom is -0.481 e. The molecule has 1 N–H and O–H groups in total. The molecule has 0 fully saturated rings. The summed E-state index contributed by atoms with van der Waals surface area (Å²) in [4.78, 5) is 22.6. The van der Waals surface area contributed by atoms with Gasteiger partial charge in [0.25, 0.3) is 0 Å². The first kappa shape index (κ1) is 29.9. The smallest absolute Gasteiger partial charge is 0.307 e. The Hall–Kier alpha value is -2.10. The summed E-state index contributed by atoms with van der Waals surface area (Å²) in [7, 11) is 0. The van der Waals surface area contributed by atoms with Crippen LogP contribution >= 0.6 is 0 Å². The minimum atomic E-state index is -0.921. The highest BCUT2D eigenvalue weighted by Gasteiger charge is 2.16. The van der Waals surface area contributed by atoms with Gasteiger partial charge in [-0.1, -0.05) is 88.1 Å². The fourth-order valence-corrected chi connectivity index (χ4v) is 3.23. The third kappa shape index (κ3) is 22.6. The summed E-state index contributed by atoms with van der Waals surface area (Å²) >= 11 is 0. The van der Waals surface area contributed by atoms with Crippen LogP contribution in [0.25, 0.3) is 0 Å². The number of carbonyl (C=O) groups is 2. The molecule has 32 heavy (non-hydrogen) atoms. The van der Waals surface area contributed by atoms with Gasteiger partial charge in [0.05, 0.1) is 6.42 Å². The predicted octanol–water partition coefficient (Wildman–Crippen LogP) is 8.10. The van der Waals surface area contributed by atoms with Crippen LogP contribution in [0.2, 0.25) is 0 Å². The van der Waals surface area contributed by atoms with E-state index < -0.39 is 12.1 Å². The Bertz CT molecular complexity index is 572. The quantitative estimate of drug-likeness (QED) is 0.110. The first-order chi connectivity index (χ1) is 15.6. The molecule has 0 aliphatic heterocycles. The normalized spacial score (nSPS) is 13.1. The highest BCUT2D eigenvalue weighted by molar-refractivity contribution is 5.71. The average molecular weight is 447 g/mol. The molecule has 0 aromatic rings. The Morgan fingerprint density at radius 2 is 1.25 bits per heavy atom. The van der Waals surface area contributed by atoms with Gasteiger partial charge in [0, 0.05) is 6.42 Å². The van der Waals surface area contributed by atoms with Crippen LogP contribution in [-0.2, 0) is 14.3 Å². The molecule has 0 aromatic heterocycles. The maximum atomic E-state index is 11.8. The Morgan fingerprint density at radius 3 is 1.75 bits per heavy atom. The largest absolute Gasteiger partial charge is 0.481 e. The summed E-state index contributed by atoms with van der Waals surface area (Å²) in [6.07, 6.45) is 30.9. The van der Waals surface area contributed by atoms with Crippen molar-refractivity contribution >= 4 is 11.9 Å². The number of unbranched alkanes of at least 4 members (excludes halogenated alkanes) is 6. The molecule has 0 saturated heterocycles. The van der Waals surface area contributed by atoms with Gasteiger partial charge in [-0.05, 0) is 57.8 Å². The molecule has 0 rings (SSSR count). The lowest BCUT2D eigenvalue weighted by molar-refractivity contribution is -0.153. The predicted molar refractivity (Wildman–Crippen MR) is 135 cm³/mol. The number of esters is 1. The standard InChI is InChI=1S/C28H46O4/c1-3-5-6-7-8-9-10-11-12-13-14-15-16-17-18-19-20-21-22-24-28(31)32-26(23-4-2)25-27(29)30/h8-9,11-12,14-15,17-18,26H,3-7,10,13,16,19-25H2,1-2H3,(H,29,30)/b9-8-,12-11-,15-14-,18-17-. The second-order valence-electron chi connectivity index (χ2n) is 8.19. The lowest BCUT2D eigenvalue weighted by atomic mass is 10.1. The van der Waals surface area contributed by atoms with E-state index in [2.05, 4.69) is 55.5 Å². The van der Waals surface area contributed by atoms with E-state index in [1.54, 1.807) is 0 Å². The molecule has 0 bridgehead atoms. The zero-order chi connectivity index (χ0) is 23.7. The van der Waals surface area contributed by atoms with E-state index in [1.807, 2.05) is 6.92 Å². The molecule has 0 radical (unpaired) electrons. The molecule has 4 heteroatoms. The third-order valence-corrected chi connectivity index (χ3v) is 5.02. The summed E-state index contributed by atoms with van der Waals surface area (Å²) in [5.41, 5.74) is 0. The molecule has 1 unspecified atom stereocenters. The van der Waals surface area contributed by atoms with Crippen molar-refractivity contribution in [1.29, 1.82) is 0 Å². The van der Waals surface area contributed by atoms with E-state index in [0.717, 1.165) is 51.4 Å². The topological polar surface area (TPSA) is 63.6 Å². The van der Waals surface area contributed by atoms with Gasteiger partial charge >= 0.3 is 11.9 Å². The van der Waals surface area contributed by atoms with Gasteiger partial charge in [-0.15, -0.1) is 0 Å². The van der Waals surface area contributed by atoms with Crippen molar-refractivity contribution in [1.82, 2.24) is 0 Å². The van der Waals surface area contributed by atoms with Gasteiger partial charge in [0.2, 0.25) is 0 Å². The summed E-state index contributed by atoms with van der Waals surface area (Å²) < 4.78 is 5.29. The summed E-state index contributed by atoms with van der Waals surface area (Å²) in [5, 5.41) is 8.86. The SMILES string of the molecule is CCCCC/C=C\C/C=C\C/C=C\C/C=C\CCCCCC(=O)OC(CCC)CC(=O)O. The summed E-state index contributed by atoms with van der Waals surface area (Å²) in [5.74, 6) is -1.20. The van der Waals surface area contributed by atoms with E-state index in [9.17, 15) is 9.59 Å². The molecular formula is C28H46O4. The van der Waals surface area contributed by atoms with E-state index in [4.69, 9.17) is 9.84 Å². The van der Waals surface area contributed by atoms with Gasteiger partial charge < -0.3 is 9.84 Å². The number of hydrogen-bond donors (Lipinski definition) is 1. The molecule has 1 atom stereocenters. The second-order valence-corrected chi connectivity index (χ2v) is 8.19. The molecule has 4 nitrogen and oxygen atoms in total. The van der Waals surface area contributed by atoms with Crippen LogP contribution in [0.3, 0.4) is 0 Å². The highest BCUT2D eigenvalue weighted by Crippen LogP contribution is 2.11. The zero-order valence-corrected chi connectivity index (χ0v) is 20.5. The number of ether oxygens (including phenoxy) is 1. The van der Waals surface area contributed by atoms with Gasteiger partial charge in [0.1, 0.15) is 6.10 Å². The van der Waals surface area contributed by atoms with Crippen LogP contribution in [0.1, 0.15) is 110 Å². The Morgan fingerprint density at radius 1 is 0.719 bits per heavy atom. The monoisotopic (exact) mass is 446 g/mol. The molecule has 0 aromatic carbocycles. The van der Waals surface area contributed by atoms with Crippen LogP contribution in [-0.4, -0.2) is 23.1 Å². The van der Waals surface area contributed by atoms with Gasteiger partial charge in [-0.2, -0.15) is 0 Å². The van der Waals surface area contributed by atoms with E-state index >= 15 is 0 Å². The molecular weight excluding hydrogens is 400 g/mol. The minimum absolute atomic E-state index is 0.106. The van der Waals surface area contributed by atoms with Crippen LogP contribution in [0.15, 0.2) is 48.6 Å². The maximum absolute atomic E-state index is 11.8. The number of carboxylic acids is 1. The van der Waals surface area contributed by atoms with Crippen LogP contribution in [0, 0.1) is 0 Å². The molecule has 182 valence electrons. The lowest BCUT2D eigenvalue weighted by Crippen LogP contribution is -2.21. The fourth-order valence-electron chi connectivity index (χ4n) is 3.23. The number of allylic oxidation sites excluding steroid dienone is 8. The summed E-state index contributed by atoms with van der Waals surface area (Å²) in [6.45, 7) is 4.19. The van der Waals surface area contributed by atoms with E-state index in [0.29, 0.717) is 12.8 Å². The number of rotatable bonds is 21. The first-order valence-electron chi connectivity index (χ1n) is 12.6. The average Bonchev–Trinajstić information content (AvgIpc) is 2.75. The first-order valence-corrected chi connectivity index (χ1v) is 12.6. The second kappa shape index (κ2) is 23.6. The van der Waals surface area contributed by atoms with Gasteiger partial charge in [0.15, 0.2) is 0 Å². The maximum Gasteiger partial charge on any atom is 0.307 e. The molecule has 0 spiro atoms. The van der Waals surface area contributed by atoms with Crippen LogP contribution < -0.4 is 0 Å². The van der Waals surface area contributed by atoms with Crippen molar-refractivity contribution in [3.05, 3.63) is 48.6 Å². The highest BCUT2D eigenvalue weighted by atomic mass is 16.5. The fraction of sp³-hybridized carbons (Fsp3) is 0.643. The zero-order valence-electron chi connectivity index (χ0n) is 20.5. The Balaban J connectivity index is 3.62. The molecule has 0 saturated carbocycles. The Kier molecular flexibility index (Phi) is 22.0. The Labute approximate surface area is 196 Å². The van der Waals surface area contributed by atoms with Crippen molar-refractivity contribution in [3.8, 4) is 0 Å². The van der Waals surface area contributed by atoms with Crippen molar-refractivity contribution in [2.24, 2.45) is 0 Å². The van der Waals surface area contributed by atoms with Crippen LogP contribution in [0.5, 0.6) is 0 Å². The molecule has 0 heterocycles. The van der Waals surface area contributed by atoms with Gasteiger partial charge in [-0.3, -0.25) is 9.59 Å². The van der Waals surface area contributed by atoms with E-state index in [-0.39, 0.29) is 12.4 Å². The van der Waals surface area contributed by atoms with Crippen molar-refractivity contribution in [3.63, 3.8) is 0 Å². The van der Waals surface area contributed by atoms with Crippen LogP contribution in [0.4, 0.5) is 0 Å². The molecule has 0 aliphatic rings. The third-order valence-electron chi connectivity index (χ3n) is 5.02. The van der Waals surface area contributed by atoms with Gasteiger partial charge in [-0.25, -0.2) is 0 Å². The van der Waals surface area contributed by atoms with Crippen molar-refractivity contribution in [2.75, 3.05) is 0 Å². The number of carbonyl (C=O) groups excluding carboxylic acids is 1. The number of carboxylic acid groups (broad SMARTS) is 1. The van der Waals surface area contributed by atoms with Crippen molar-refractivity contribution < 1.29 is 19.4 Å². The van der Waals surface area contributed by atoms with E-state index in [1.165, 1.54) is 25.7 Å². The number of aliphatic carboxylic acids is 1.